The van der Waals surface area contributed by atoms with Crippen molar-refractivity contribution in [3.63, 3.8) is 0 Å². The predicted molar refractivity (Wildman–Crippen MR) is 91.6 cm³/mol. The third-order valence-electron chi connectivity index (χ3n) is 3.09. The van der Waals surface area contributed by atoms with Crippen LogP contribution in [0.2, 0.25) is 10.0 Å². The Balaban J connectivity index is 1.82. The van der Waals surface area contributed by atoms with E-state index in [1.54, 1.807) is 24.3 Å². The van der Waals surface area contributed by atoms with Crippen LogP contribution in [0.15, 0.2) is 47.6 Å². The number of thioether (sulfide) groups is 1. The molecule has 0 bridgehead atoms. The van der Waals surface area contributed by atoms with Crippen LogP contribution >= 0.6 is 35.0 Å². The number of rotatable bonds is 4. The van der Waals surface area contributed by atoms with Gasteiger partial charge >= 0.3 is 0 Å². The Morgan fingerprint density at radius 3 is 2.70 bits per heavy atom. The molecule has 0 unspecified atom stereocenters. The highest BCUT2D eigenvalue weighted by atomic mass is 35.5. The van der Waals surface area contributed by atoms with E-state index >= 15 is 0 Å². The minimum atomic E-state index is -0.272. The molecule has 1 heterocycles. The van der Waals surface area contributed by atoms with E-state index in [2.05, 4.69) is 10.2 Å². The largest absolute Gasteiger partial charge is 0.335 e. The molecule has 0 amide bonds. The summed E-state index contributed by atoms with van der Waals surface area (Å²) in [5.74, 6) is 6.74. The normalized spacial score (nSPS) is 10.9. The first-order valence-electron chi connectivity index (χ1n) is 6.58. The van der Waals surface area contributed by atoms with Crippen molar-refractivity contribution in [3.8, 4) is 11.4 Å². The van der Waals surface area contributed by atoms with Crippen molar-refractivity contribution in [1.82, 2.24) is 14.9 Å². The van der Waals surface area contributed by atoms with Crippen molar-refractivity contribution in [2.75, 3.05) is 5.84 Å². The van der Waals surface area contributed by atoms with Gasteiger partial charge in [0.1, 0.15) is 5.82 Å². The van der Waals surface area contributed by atoms with Crippen molar-refractivity contribution in [1.29, 1.82) is 0 Å². The lowest BCUT2D eigenvalue weighted by Crippen LogP contribution is -2.11. The summed E-state index contributed by atoms with van der Waals surface area (Å²) < 4.78 is 14.5. The molecule has 118 valence electrons. The maximum atomic E-state index is 13.2. The van der Waals surface area contributed by atoms with Gasteiger partial charge in [0.25, 0.3) is 0 Å². The lowest BCUT2D eigenvalue weighted by Gasteiger charge is -2.06. The highest BCUT2D eigenvalue weighted by Crippen LogP contribution is 2.30. The highest BCUT2D eigenvalue weighted by Gasteiger charge is 2.15. The van der Waals surface area contributed by atoms with Crippen molar-refractivity contribution < 1.29 is 4.39 Å². The molecule has 0 aliphatic rings. The zero-order valence-electron chi connectivity index (χ0n) is 11.7. The first kappa shape index (κ1) is 16.1. The second-order valence-corrected chi connectivity index (χ2v) is 6.51. The van der Waals surface area contributed by atoms with Gasteiger partial charge in [-0.15, -0.1) is 10.2 Å². The average molecular weight is 369 g/mol. The summed E-state index contributed by atoms with van der Waals surface area (Å²) in [6.45, 7) is 0. The van der Waals surface area contributed by atoms with Crippen LogP contribution in [0.3, 0.4) is 0 Å². The Kier molecular flexibility index (Phi) is 4.75. The first-order valence-corrected chi connectivity index (χ1v) is 8.32. The molecule has 0 saturated carbocycles. The summed E-state index contributed by atoms with van der Waals surface area (Å²) in [5.41, 5.74) is 1.48. The molecule has 0 atom stereocenters. The van der Waals surface area contributed by atoms with E-state index in [1.807, 2.05) is 6.07 Å². The number of hydrogen-bond donors (Lipinski definition) is 1. The molecular weight excluding hydrogens is 358 g/mol. The van der Waals surface area contributed by atoms with Crippen molar-refractivity contribution in [2.24, 2.45) is 0 Å². The lowest BCUT2D eigenvalue weighted by molar-refractivity contribution is 0.626. The van der Waals surface area contributed by atoms with Crippen LogP contribution in [0.25, 0.3) is 11.4 Å². The van der Waals surface area contributed by atoms with Crippen LogP contribution < -0.4 is 5.84 Å². The minimum Gasteiger partial charge on any atom is -0.335 e. The SMILES string of the molecule is Nn1c(SCc2cccc(F)c2)nnc1-c1ccc(Cl)cc1Cl. The van der Waals surface area contributed by atoms with Gasteiger partial charge in [0.15, 0.2) is 5.82 Å². The van der Waals surface area contributed by atoms with Gasteiger partial charge in [-0.05, 0) is 35.9 Å². The zero-order chi connectivity index (χ0) is 16.4. The number of nitrogens with zero attached hydrogens (tertiary/aromatic N) is 3. The Morgan fingerprint density at radius 1 is 1.13 bits per heavy atom. The molecule has 8 heteroatoms. The van der Waals surface area contributed by atoms with E-state index in [-0.39, 0.29) is 5.82 Å². The summed E-state index contributed by atoms with van der Waals surface area (Å²) in [6.07, 6.45) is 0. The molecule has 0 spiro atoms. The fourth-order valence-corrected chi connectivity index (χ4v) is 3.30. The third-order valence-corrected chi connectivity index (χ3v) is 4.66. The number of hydrogen-bond acceptors (Lipinski definition) is 4. The third kappa shape index (κ3) is 3.60. The van der Waals surface area contributed by atoms with Gasteiger partial charge in [0.2, 0.25) is 5.16 Å². The summed E-state index contributed by atoms with van der Waals surface area (Å²) in [5, 5.41) is 9.61. The number of halogens is 3. The maximum absolute atomic E-state index is 13.2. The Labute approximate surface area is 146 Å². The highest BCUT2D eigenvalue weighted by molar-refractivity contribution is 7.98. The Hall–Kier alpha value is -1.76. The number of nitrogen functional groups attached to an aromatic ring is 1. The van der Waals surface area contributed by atoms with Crippen LogP contribution in [0.4, 0.5) is 4.39 Å². The van der Waals surface area contributed by atoms with Gasteiger partial charge in [-0.2, -0.15) is 0 Å². The molecule has 0 fully saturated rings. The van der Waals surface area contributed by atoms with Gasteiger partial charge in [0, 0.05) is 16.3 Å². The summed E-state index contributed by atoms with van der Waals surface area (Å²) in [6, 6.07) is 11.4. The molecular formula is C15H11Cl2FN4S. The van der Waals surface area contributed by atoms with Gasteiger partial charge in [0.05, 0.1) is 5.02 Å². The summed E-state index contributed by atoms with van der Waals surface area (Å²) in [4.78, 5) is 0. The molecule has 3 rings (SSSR count). The molecule has 0 radical (unpaired) electrons. The second-order valence-electron chi connectivity index (χ2n) is 4.72. The molecule has 0 saturated heterocycles. The molecule has 0 aliphatic carbocycles. The lowest BCUT2D eigenvalue weighted by atomic mass is 10.2. The van der Waals surface area contributed by atoms with Crippen LogP contribution in [0, 0.1) is 5.82 Å². The first-order chi connectivity index (χ1) is 11.0. The molecule has 2 aromatic carbocycles. The second kappa shape index (κ2) is 6.78. The molecule has 0 aliphatic heterocycles. The van der Waals surface area contributed by atoms with Crippen molar-refractivity contribution >= 4 is 35.0 Å². The van der Waals surface area contributed by atoms with Crippen LogP contribution in [-0.2, 0) is 5.75 Å². The predicted octanol–water partition coefficient (Wildman–Crippen LogP) is 4.40. The van der Waals surface area contributed by atoms with E-state index in [0.29, 0.717) is 32.3 Å². The van der Waals surface area contributed by atoms with E-state index in [1.165, 1.54) is 28.6 Å². The maximum Gasteiger partial charge on any atom is 0.210 e. The average Bonchev–Trinajstić information content (AvgIpc) is 2.86. The van der Waals surface area contributed by atoms with E-state index in [0.717, 1.165) is 5.56 Å². The van der Waals surface area contributed by atoms with Gasteiger partial charge in [-0.1, -0.05) is 47.1 Å². The number of aromatic nitrogens is 3. The standard InChI is InChI=1S/C15H11Cl2FN4S/c16-10-4-5-12(13(17)7-10)14-20-21-15(22(14)19)23-8-9-2-1-3-11(18)6-9/h1-7H,8,19H2. The van der Waals surface area contributed by atoms with Gasteiger partial charge in [-0.25, -0.2) is 9.07 Å². The smallest absolute Gasteiger partial charge is 0.210 e. The van der Waals surface area contributed by atoms with E-state index in [4.69, 9.17) is 29.0 Å². The van der Waals surface area contributed by atoms with E-state index < -0.39 is 0 Å². The van der Waals surface area contributed by atoms with Gasteiger partial charge in [-0.3, -0.25) is 0 Å². The van der Waals surface area contributed by atoms with Crippen LogP contribution in [-0.4, -0.2) is 14.9 Å². The minimum absolute atomic E-state index is 0.272. The van der Waals surface area contributed by atoms with Crippen molar-refractivity contribution in [3.05, 3.63) is 63.9 Å². The zero-order valence-corrected chi connectivity index (χ0v) is 14.0. The van der Waals surface area contributed by atoms with E-state index in [9.17, 15) is 4.39 Å². The number of benzene rings is 2. The fourth-order valence-electron chi connectivity index (χ4n) is 2.00. The number of nitrogens with two attached hydrogens (primary N) is 1. The summed E-state index contributed by atoms with van der Waals surface area (Å²) in [7, 11) is 0. The molecule has 2 N–H and O–H groups in total. The van der Waals surface area contributed by atoms with Crippen LogP contribution in [0.5, 0.6) is 0 Å². The molecule has 4 nitrogen and oxygen atoms in total. The molecule has 23 heavy (non-hydrogen) atoms. The monoisotopic (exact) mass is 368 g/mol. The van der Waals surface area contributed by atoms with Crippen LogP contribution in [0.1, 0.15) is 5.56 Å². The van der Waals surface area contributed by atoms with Gasteiger partial charge < -0.3 is 5.84 Å². The Morgan fingerprint density at radius 2 is 1.96 bits per heavy atom. The molecule has 3 aromatic rings. The summed E-state index contributed by atoms with van der Waals surface area (Å²) >= 11 is 13.4. The molecule has 1 aromatic heterocycles. The topological polar surface area (TPSA) is 56.7 Å². The quantitative estimate of drug-likeness (QED) is 0.547. The Bertz CT molecular complexity index is 853. The van der Waals surface area contributed by atoms with Crippen molar-refractivity contribution in [2.45, 2.75) is 10.9 Å². The fraction of sp³-hybridized carbons (Fsp3) is 0.0667.